The van der Waals surface area contributed by atoms with Crippen molar-refractivity contribution in [2.24, 2.45) is 0 Å². The molecule has 0 aliphatic heterocycles. The molecule has 2 heteroatoms. The second kappa shape index (κ2) is 5.26. The van der Waals surface area contributed by atoms with Crippen LogP contribution >= 0.6 is 0 Å². The van der Waals surface area contributed by atoms with Gasteiger partial charge in [-0.15, -0.1) is 0 Å². The number of ketones is 1. The summed E-state index contributed by atoms with van der Waals surface area (Å²) in [5.41, 5.74) is 4.18. The summed E-state index contributed by atoms with van der Waals surface area (Å²) < 4.78 is 5.33. The van der Waals surface area contributed by atoms with Crippen molar-refractivity contribution >= 4 is 5.78 Å². The molecule has 2 nitrogen and oxygen atoms in total. The number of carbonyl (C=O) groups is 1. The molecule has 1 aromatic rings. The molecule has 0 N–H and O–H groups in total. The molecule has 0 aliphatic carbocycles. The van der Waals surface area contributed by atoms with Crippen LogP contribution in [0.15, 0.2) is 12.1 Å². The molecular weight excluding hydrogens is 200 g/mol. The first-order valence-corrected chi connectivity index (χ1v) is 5.71. The van der Waals surface area contributed by atoms with Gasteiger partial charge in [-0.1, -0.05) is 6.07 Å². The number of Topliss-reactive ketones (excluding diaryl/α,β-unsaturated/α-hetero) is 1. The van der Waals surface area contributed by atoms with E-state index in [1.54, 1.807) is 6.92 Å². The van der Waals surface area contributed by atoms with Gasteiger partial charge < -0.3 is 4.74 Å². The molecule has 0 aromatic heterocycles. The smallest absolute Gasteiger partial charge is 0.191 e. The summed E-state index contributed by atoms with van der Waals surface area (Å²) >= 11 is 0. The average molecular weight is 220 g/mol. The lowest BCUT2D eigenvalue weighted by atomic mass is 9.96. The maximum absolute atomic E-state index is 12.1. The minimum absolute atomic E-state index is 0.0717. The highest BCUT2D eigenvalue weighted by Gasteiger charge is 2.17. The summed E-state index contributed by atoms with van der Waals surface area (Å²) in [4.78, 5) is 12.1. The summed E-state index contributed by atoms with van der Waals surface area (Å²) in [6.45, 7) is 10.3. The highest BCUT2D eigenvalue weighted by molar-refractivity contribution is 6.00. The van der Waals surface area contributed by atoms with E-state index in [4.69, 9.17) is 4.74 Å². The molecule has 0 fully saturated rings. The monoisotopic (exact) mass is 220 g/mol. The number of hydrogen-bond acceptors (Lipinski definition) is 2. The second-order valence-electron chi connectivity index (χ2n) is 4.21. The van der Waals surface area contributed by atoms with Crippen molar-refractivity contribution in [3.8, 4) is 0 Å². The number of benzene rings is 1. The molecule has 1 atom stereocenters. The van der Waals surface area contributed by atoms with Crippen LogP contribution in [0.25, 0.3) is 0 Å². The van der Waals surface area contributed by atoms with Gasteiger partial charge in [-0.3, -0.25) is 4.79 Å². The lowest BCUT2D eigenvalue weighted by Gasteiger charge is -2.14. The van der Waals surface area contributed by atoms with Gasteiger partial charge in [0.1, 0.15) is 6.10 Å². The van der Waals surface area contributed by atoms with Crippen molar-refractivity contribution in [2.75, 3.05) is 6.61 Å². The first-order chi connectivity index (χ1) is 7.47. The molecule has 0 radical (unpaired) electrons. The van der Waals surface area contributed by atoms with E-state index in [9.17, 15) is 4.79 Å². The van der Waals surface area contributed by atoms with Crippen molar-refractivity contribution < 1.29 is 9.53 Å². The molecule has 0 saturated carbocycles. The fraction of sp³-hybridized carbons (Fsp3) is 0.500. The van der Waals surface area contributed by atoms with Gasteiger partial charge in [-0.2, -0.15) is 0 Å². The SMILES string of the molecule is CCOC(C)C(=O)c1cc(C)c(C)cc1C. The summed E-state index contributed by atoms with van der Waals surface area (Å²) in [6.07, 6.45) is -0.356. The van der Waals surface area contributed by atoms with Crippen LogP contribution in [0.2, 0.25) is 0 Å². The molecule has 1 unspecified atom stereocenters. The lowest BCUT2D eigenvalue weighted by Crippen LogP contribution is -2.21. The van der Waals surface area contributed by atoms with Gasteiger partial charge in [-0.25, -0.2) is 0 Å². The standard InChI is InChI=1S/C14H20O2/c1-6-16-12(5)14(15)13-8-10(3)9(2)7-11(13)4/h7-8,12H,6H2,1-5H3. The summed E-state index contributed by atoms with van der Waals surface area (Å²) in [5, 5.41) is 0. The van der Waals surface area contributed by atoms with E-state index in [0.717, 1.165) is 16.7 Å². The highest BCUT2D eigenvalue weighted by atomic mass is 16.5. The quantitative estimate of drug-likeness (QED) is 0.728. The van der Waals surface area contributed by atoms with E-state index in [0.29, 0.717) is 6.61 Å². The fourth-order valence-electron chi connectivity index (χ4n) is 1.77. The molecular formula is C14H20O2. The predicted molar refractivity (Wildman–Crippen MR) is 66.1 cm³/mol. The van der Waals surface area contributed by atoms with Crippen molar-refractivity contribution in [3.63, 3.8) is 0 Å². The Morgan fingerprint density at radius 1 is 1.19 bits per heavy atom. The number of rotatable bonds is 4. The molecule has 1 rings (SSSR count). The van der Waals surface area contributed by atoms with Crippen LogP contribution in [-0.4, -0.2) is 18.5 Å². The van der Waals surface area contributed by atoms with E-state index in [2.05, 4.69) is 13.0 Å². The van der Waals surface area contributed by atoms with Gasteiger partial charge in [0.15, 0.2) is 5.78 Å². The van der Waals surface area contributed by atoms with Crippen LogP contribution in [-0.2, 0) is 4.74 Å². The third-order valence-electron chi connectivity index (χ3n) is 2.89. The minimum atomic E-state index is -0.356. The van der Waals surface area contributed by atoms with E-state index in [1.165, 1.54) is 5.56 Å². The first-order valence-electron chi connectivity index (χ1n) is 5.71. The predicted octanol–water partition coefficient (Wildman–Crippen LogP) is 3.22. The van der Waals surface area contributed by atoms with Crippen molar-refractivity contribution in [3.05, 3.63) is 34.4 Å². The van der Waals surface area contributed by atoms with Gasteiger partial charge >= 0.3 is 0 Å². The normalized spacial score (nSPS) is 12.6. The maximum Gasteiger partial charge on any atom is 0.191 e. The van der Waals surface area contributed by atoms with E-state index in [-0.39, 0.29) is 11.9 Å². The van der Waals surface area contributed by atoms with Gasteiger partial charge in [0.05, 0.1) is 0 Å². The Morgan fingerprint density at radius 3 is 2.31 bits per heavy atom. The third kappa shape index (κ3) is 2.70. The summed E-state index contributed by atoms with van der Waals surface area (Å²) in [6, 6.07) is 4.02. The van der Waals surface area contributed by atoms with Gasteiger partial charge in [-0.05, 0) is 57.4 Å². The van der Waals surface area contributed by atoms with Gasteiger partial charge in [0.2, 0.25) is 0 Å². The van der Waals surface area contributed by atoms with Crippen LogP contribution in [0.4, 0.5) is 0 Å². The van der Waals surface area contributed by atoms with E-state index in [1.807, 2.05) is 26.8 Å². The molecule has 0 heterocycles. The average Bonchev–Trinajstić information content (AvgIpc) is 2.23. The fourth-order valence-corrected chi connectivity index (χ4v) is 1.77. The Morgan fingerprint density at radius 2 is 1.75 bits per heavy atom. The molecule has 1 aromatic carbocycles. The zero-order chi connectivity index (χ0) is 12.3. The Balaban J connectivity index is 3.04. The molecule has 16 heavy (non-hydrogen) atoms. The first kappa shape index (κ1) is 12.9. The topological polar surface area (TPSA) is 26.3 Å². The third-order valence-corrected chi connectivity index (χ3v) is 2.89. The minimum Gasteiger partial charge on any atom is -0.371 e. The van der Waals surface area contributed by atoms with Crippen molar-refractivity contribution in [1.82, 2.24) is 0 Å². The zero-order valence-electron chi connectivity index (χ0n) is 10.8. The number of carbonyl (C=O) groups excluding carboxylic acids is 1. The molecule has 0 spiro atoms. The van der Waals surface area contributed by atoms with Crippen LogP contribution in [0.5, 0.6) is 0 Å². The van der Waals surface area contributed by atoms with E-state index >= 15 is 0 Å². The summed E-state index contributed by atoms with van der Waals surface area (Å²) in [7, 11) is 0. The number of aryl methyl sites for hydroxylation is 3. The molecule has 88 valence electrons. The lowest BCUT2D eigenvalue weighted by molar-refractivity contribution is 0.0520. The Labute approximate surface area is 97.6 Å². The summed E-state index contributed by atoms with van der Waals surface area (Å²) in [5.74, 6) is 0.0717. The number of hydrogen-bond donors (Lipinski definition) is 0. The van der Waals surface area contributed by atoms with Crippen molar-refractivity contribution in [2.45, 2.75) is 40.7 Å². The zero-order valence-corrected chi connectivity index (χ0v) is 10.8. The number of ether oxygens (including phenoxy) is 1. The Bertz CT molecular complexity index is 394. The van der Waals surface area contributed by atoms with Crippen molar-refractivity contribution in [1.29, 1.82) is 0 Å². The molecule has 0 bridgehead atoms. The van der Waals surface area contributed by atoms with Crippen LogP contribution < -0.4 is 0 Å². The van der Waals surface area contributed by atoms with Crippen LogP contribution in [0, 0.1) is 20.8 Å². The molecule has 0 aliphatic rings. The second-order valence-corrected chi connectivity index (χ2v) is 4.21. The van der Waals surface area contributed by atoms with Gasteiger partial charge in [0.25, 0.3) is 0 Å². The van der Waals surface area contributed by atoms with Gasteiger partial charge in [0, 0.05) is 12.2 Å². The largest absolute Gasteiger partial charge is 0.371 e. The highest BCUT2D eigenvalue weighted by Crippen LogP contribution is 2.17. The molecule has 0 saturated heterocycles. The molecule has 0 amide bonds. The van der Waals surface area contributed by atoms with Crippen LogP contribution in [0.1, 0.15) is 40.9 Å². The van der Waals surface area contributed by atoms with Crippen LogP contribution in [0.3, 0.4) is 0 Å². The Kier molecular flexibility index (Phi) is 4.25. The Hall–Kier alpha value is -1.15. The van der Waals surface area contributed by atoms with E-state index < -0.39 is 0 Å². The maximum atomic E-state index is 12.1.